The SMILES string of the molecule is CNCCCc1cnn(-c2ccccc2Br)c1. The molecule has 0 aliphatic rings. The van der Waals surface area contributed by atoms with Gasteiger partial charge in [0, 0.05) is 10.7 Å². The zero-order valence-electron chi connectivity index (χ0n) is 9.86. The van der Waals surface area contributed by atoms with Gasteiger partial charge in [-0.2, -0.15) is 5.10 Å². The Bertz CT molecular complexity index is 479. The van der Waals surface area contributed by atoms with Crippen LogP contribution < -0.4 is 5.32 Å². The number of nitrogens with one attached hydrogen (secondary N) is 1. The molecule has 0 bridgehead atoms. The zero-order valence-corrected chi connectivity index (χ0v) is 11.4. The van der Waals surface area contributed by atoms with Crippen molar-refractivity contribution in [1.29, 1.82) is 0 Å². The summed E-state index contributed by atoms with van der Waals surface area (Å²) in [5.41, 5.74) is 2.35. The molecule has 1 N–H and O–H groups in total. The molecule has 3 nitrogen and oxygen atoms in total. The van der Waals surface area contributed by atoms with E-state index in [1.54, 1.807) is 0 Å². The molecule has 17 heavy (non-hydrogen) atoms. The van der Waals surface area contributed by atoms with Crippen molar-refractivity contribution in [3.8, 4) is 5.69 Å². The predicted octanol–water partition coefficient (Wildman–Crippen LogP) is 2.79. The molecule has 1 aromatic carbocycles. The summed E-state index contributed by atoms with van der Waals surface area (Å²) >= 11 is 3.54. The van der Waals surface area contributed by atoms with Crippen LogP contribution in [0.3, 0.4) is 0 Å². The quantitative estimate of drug-likeness (QED) is 0.859. The average Bonchev–Trinajstić information content (AvgIpc) is 2.79. The average molecular weight is 294 g/mol. The molecule has 2 aromatic rings. The van der Waals surface area contributed by atoms with Crippen LogP contribution in [0.25, 0.3) is 5.69 Å². The van der Waals surface area contributed by atoms with Crippen molar-refractivity contribution < 1.29 is 0 Å². The molecule has 90 valence electrons. The summed E-state index contributed by atoms with van der Waals surface area (Å²) in [5.74, 6) is 0. The third-order valence-corrected chi connectivity index (χ3v) is 3.30. The molecule has 0 spiro atoms. The minimum Gasteiger partial charge on any atom is -0.320 e. The Hall–Kier alpha value is -1.13. The van der Waals surface area contributed by atoms with Gasteiger partial charge in [-0.15, -0.1) is 0 Å². The van der Waals surface area contributed by atoms with Crippen molar-refractivity contribution in [3.63, 3.8) is 0 Å². The number of para-hydroxylation sites is 1. The smallest absolute Gasteiger partial charge is 0.0787 e. The molecule has 0 aliphatic carbocycles. The van der Waals surface area contributed by atoms with E-state index in [4.69, 9.17) is 0 Å². The van der Waals surface area contributed by atoms with E-state index in [9.17, 15) is 0 Å². The van der Waals surface area contributed by atoms with E-state index in [1.165, 1.54) is 5.56 Å². The van der Waals surface area contributed by atoms with Crippen molar-refractivity contribution in [2.75, 3.05) is 13.6 Å². The molecule has 4 heteroatoms. The third kappa shape index (κ3) is 3.17. The monoisotopic (exact) mass is 293 g/mol. The molecular weight excluding hydrogens is 278 g/mol. The molecule has 0 saturated heterocycles. The number of hydrogen-bond donors (Lipinski definition) is 1. The molecule has 1 heterocycles. The van der Waals surface area contributed by atoms with E-state index >= 15 is 0 Å². The predicted molar refractivity (Wildman–Crippen MR) is 73.5 cm³/mol. The van der Waals surface area contributed by atoms with Crippen molar-refractivity contribution in [1.82, 2.24) is 15.1 Å². The van der Waals surface area contributed by atoms with Crippen LogP contribution in [0.4, 0.5) is 0 Å². The fourth-order valence-corrected chi connectivity index (χ4v) is 2.19. The number of halogens is 1. The largest absolute Gasteiger partial charge is 0.320 e. The summed E-state index contributed by atoms with van der Waals surface area (Å²) in [5, 5.41) is 7.54. The van der Waals surface area contributed by atoms with Gasteiger partial charge in [0.05, 0.1) is 11.9 Å². The summed E-state index contributed by atoms with van der Waals surface area (Å²) in [6.45, 7) is 1.04. The van der Waals surface area contributed by atoms with Gasteiger partial charge in [-0.05, 0) is 60.1 Å². The van der Waals surface area contributed by atoms with E-state index in [0.717, 1.165) is 29.5 Å². The van der Waals surface area contributed by atoms with Crippen molar-refractivity contribution in [2.45, 2.75) is 12.8 Å². The molecule has 0 amide bonds. The molecule has 0 unspecified atom stereocenters. The van der Waals surface area contributed by atoms with Gasteiger partial charge >= 0.3 is 0 Å². The molecular formula is C13H16BrN3. The summed E-state index contributed by atoms with van der Waals surface area (Å²) in [6.07, 6.45) is 6.23. The number of aryl methyl sites for hydroxylation is 1. The maximum atomic E-state index is 4.39. The van der Waals surface area contributed by atoms with Crippen LogP contribution in [0.1, 0.15) is 12.0 Å². The molecule has 0 radical (unpaired) electrons. The maximum Gasteiger partial charge on any atom is 0.0787 e. The first-order valence-electron chi connectivity index (χ1n) is 5.74. The highest BCUT2D eigenvalue weighted by molar-refractivity contribution is 9.10. The summed E-state index contributed by atoms with van der Waals surface area (Å²) in [7, 11) is 1.98. The Labute approximate surface area is 110 Å². The number of aromatic nitrogens is 2. The number of nitrogens with zero attached hydrogens (tertiary/aromatic N) is 2. The second-order valence-electron chi connectivity index (χ2n) is 3.95. The number of rotatable bonds is 5. The lowest BCUT2D eigenvalue weighted by Gasteiger charge is -2.03. The number of benzene rings is 1. The van der Waals surface area contributed by atoms with Gasteiger partial charge in [0.2, 0.25) is 0 Å². The molecule has 2 rings (SSSR count). The fourth-order valence-electron chi connectivity index (χ4n) is 1.73. The van der Waals surface area contributed by atoms with Crippen LogP contribution in [0.2, 0.25) is 0 Å². The normalized spacial score (nSPS) is 10.7. The van der Waals surface area contributed by atoms with Crippen molar-refractivity contribution >= 4 is 15.9 Å². The zero-order chi connectivity index (χ0) is 12.1. The third-order valence-electron chi connectivity index (χ3n) is 2.63. The summed E-state index contributed by atoms with van der Waals surface area (Å²) in [4.78, 5) is 0. The van der Waals surface area contributed by atoms with Crippen LogP contribution in [-0.2, 0) is 6.42 Å². The van der Waals surface area contributed by atoms with E-state index in [2.05, 4.69) is 38.6 Å². The van der Waals surface area contributed by atoms with E-state index in [-0.39, 0.29) is 0 Å². The van der Waals surface area contributed by atoms with E-state index < -0.39 is 0 Å². The molecule has 0 saturated carbocycles. The lowest BCUT2D eigenvalue weighted by molar-refractivity contribution is 0.724. The topological polar surface area (TPSA) is 29.9 Å². The first-order chi connectivity index (χ1) is 8.31. The first kappa shape index (κ1) is 12.3. The van der Waals surface area contributed by atoms with Gasteiger partial charge in [-0.3, -0.25) is 0 Å². The van der Waals surface area contributed by atoms with Crippen LogP contribution in [-0.4, -0.2) is 23.4 Å². The van der Waals surface area contributed by atoms with Gasteiger partial charge in [-0.25, -0.2) is 4.68 Å². The van der Waals surface area contributed by atoms with Crippen LogP contribution >= 0.6 is 15.9 Å². The lowest BCUT2D eigenvalue weighted by Crippen LogP contribution is -2.08. The highest BCUT2D eigenvalue weighted by Crippen LogP contribution is 2.20. The molecule has 0 aliphatic heterocycles. The van der Waals surface area contributed by atoms with Gasteiger partial charge in [0.25, 0.3) is 0 Å². The number of hydrogen-bond acceptors (Lipinski definition) is 2. The molecule has 0 atom stereocenters. The van der Waals surface area contributed by atoms with E-state index in [0.29, 0.717) is 0 Å². The molecule has 0 fully saturated rings. The Morgan fingerprint density at radius 1 is 1.35 bits per heavy atom. The van der Waals surface area contributed by atoms with Crippen molar-refractivity contribution in [2.24, 2.45) is 0 Å². The van der Waals surface area contributed by atoms with Crippen LogP contribution in [0, 0.1) is 0 Å². The van der Waals surface area contributed by atoms with Crippen LogP contribution in [0.5, 0.6) is 0 Å². The maximum absolute atomic E-state index is 4.39. The van der Waals surface area contributed by atoms with Gasteiger partial charge in [0.15, 0.2) is 0 Å². The summed E-state index contributed by atoms with van der Waals surface area (Å²) < 4.78 is 2.98. The highest BCUT2D eigenvalue weighted by Gasteiger charge is 2.03. The minimum atomic E-state index is 1.04. The second-order valence-corrected chi connectivity index (χ2v) is 4.81. The van der Waals surface area contributed by atoms with Crippen molar-refractivity contribution in [3.05, 3.63) is 46.7 Å². The Balaban J connectivity index is 2.10. The lowest BCUT2D eigenvalue weighted by atomic mass is 10.2. The van der Waals surface area contributed by atoms with Crippen LogP contribution in [0.15, 0.2) is 41.1 Å². The van der Waals surface area contributed by atoms with E-state index in [1.807, 2.05) is 36.1 Å². The Kier molecular flexibility index (Phi) is 4.34. The fraction of sp³-hybridized carbons (Fsp3) is 0.308. The Morgan fingerprint density at radius 3 is 2.94 bits per heavy atom. The minimum absolute atomic E-state index is 1.04. The van der Waals surface area contributed by atoms with Gasteiger partial charge in [-0.1, -0.05) is 12.1 Å². The van der Waals surface area contributed by atoms with Gasteiger partial charge in [0.1, 0.15) is 0 Å². The second kappa shape index (κ2) is 5.98. The van der Waals surface area contributed by atoms with Gasteiger partial charge < -0.3 is 5.32 Å². The first-order valence-corrected chi connectivity index (χ1v) is 6.53. The Morgan fingerprint density at radius 2 is 2.18 bits per heavy atom. The summed E-state index contributed by atoms with van der Waals surface area (Å²) in [6, 6.07) is 8.10. The highest BCUT2D eigenvalue weighted by atomic mass is 79.9. The molecule has 1 aromatic heterocycles. The standard InChI is InChI=1S/C13H16BrN3/c1-15-8-4-5-11-9-16-17(10-11)13-7-3-2-6-12(13)14/h2-3,6-7,9-10,15H,4-5,8H2,1H3.